The fourth-order valence-corrected chi connectivity index (χ4v) is 2.90. The topological polar surface area (TPSA) is 29.5 Å². The molecule has 19 heavy (non-hydrogen) atoms. The first-order valence-corrected chi connectivity index (χ1v) is 7.66. The molecular weight excluding hydrogens is 236 g/mol. The van der Waals surface area contributed by atoms with Crippen molar-refractivity contribution in [3.8, 4) is 0 Å². The quantitative estimate of drug-likeness (QED) is 0.623. The lowest BCUT2D eigenvalue weighted by atomic mass is 9.91. The van der Waals surface area contributed by atoms with E-state index in [0.29, 0.717) is 5.92 Å². The van der Waals surface area contributed by atoms with Gasteiger partial charge >= 0.3 is 0 Å². The van der Waals surface area contributed by atoms with Crippen LogP contribution in [0.25, 0.3) is 0 Å². The number of benzene rings is 1. The number of rotatable bonds is 6. The van der Waals surface area contributed by atoms with Crippen LogP contribution in [0.4, 0.5) is 0 Å². The summed E-state index contributed by atoms with van der Waals surface area (Å²) in [6.07, 6.45) is 6.35. The predicted octanol–water partition coefficient (Wildman–Crippen LogP) is 3.88. The van der Waals surface area contributed by atoms with Gasteiger partial charge in [0.2, 0.25) is 0 Å². The van der Waals surface area contributed by atoms with Crippen LogP contribution in [0.3, 0.4) is 0 Å². The van der Waals surface area contributed by atoms with Crippen LogP contribution in [0.1, 0.15) is 56.3 Å². The molecule has 0 saturated heterocycles. The van der Waals surface area contributed by atoms with Gasteiger partial charge in [-0.3, -0.25) is 0 Å². The van der Waals surface area contributed by atoms with Crippen molar-refractivity contribution in [2.45, 2.75) is 51.6 Å². The molecule has 0 aliphatic heterocycles. The summed E-state index contributed by atoms with van der Waals surface area (Å²) in [5.74, 6) is 0.352. The van der Waals surface area contributed by atoms with Gasteiger partial charge in [0, 0.05) is 13.2 Å². The van der Waals surface area contributed by atoms with Gasteiger partial charge in [-0.05, 0) is 49.1 Å². The van der Waals surface area contributed by atoms with Crippen LogP contribution in [0.5, 0.6) is 0 Å². The van der Waals surface area contributed by atoms with Gasteiger partial charge < -0.3 is 9.84 Å². The molecule has 0 aromatic heterocycles. The van der Waals surface area contributed by atoms with Crippen molar-refractivity contribution in [3.63, 3.8) is 0 Å². The van der Waals surface area contributed by atoms with Gasteiger partial charge in [-0.25, -0.2) is 0 Å². The standard InChI is InChI=1S/C17H26O2/c1-2-3-12-19-13-11-15-9-6-8-14-7-4-5-10-16(14)17(15)18/h4-5,7,10,15,17-18H,2-3,6,8-9,11-13H2,1H3. The molecule has 0 bridgehead atoms. The van der Waals surface area contributed by atoms with Gasteiger partial charge in [0.05, 0.1) is 6.10 Å². The van der Waals surface area contributed by atoms with E-state index in [9.17, 15) is 5.11 Å². The molecule has 1 N–H and O–H groups in total. The fraction of sp³-hybridized carbons (Fsp3) is 0.647. The Morgan fingerprint density at radius 1 is 1.26 bits per heavy atom. The van der Waals surface area contributed by atoms with Gasteiger partial charge in [-0.1, -0.05) is 37.6 Å². The Kier molecular flexibility index (Phi) is 5.87. The maximum absolute atomic E-state index is 10.5. The van der Waals surface area contributed by atoms with E-state index in [1.807, 2.05) is 6.07 Å². The second kappa shape index (κ2) is 7.66. The molecule has 1 aromatic carbocycles. The molecule has 0 heterocycles. The zero-order chi connectivity index (χ0) is 13.5. The maximum Gasteiger partial charge on any atom is 0.0821 e. The molecular formula is C17H26O2. The van der Waals surface area contributed by atoms with Crippen LogP contribution < -0.4 is 0 Å². The maximum atomic E-state index is 10.5. The van der Waals surface area contributed by atoms with E-state index in [0.717, 1.165) is 44.5 Å². The number of aliphatic hydroxyl groups excluding tert-OH is 1. The lowest BCUT2D eigenvalue weighted by Crippen LogP contribution is -2.14. The monoisotopic (exact) mass is 262 g/mol. The second-order valence-electron chi connectivity index (χ2n) is 5.55. The summed E-state index contributed by atoms with van der Waals surface area (Å²) in [6.45, 7) is 3.81. The van der Waals surface area contributed by atoms with Crippen LogP contribution in [-0.4, -0.2) is 18.3 Å². The molecule has 2 unspecified atom stereocenters. The molecule has 2 atom stereocenters. The van der Waals surface area contributed by atoms with Crippen molar-refractivity contribution >= 4 is 0 Å². The number of aliphatic hydroxyl groups is 1. The second-order valence-corrected chi connectivity index (χ2v) is 5.55. The predicted molar refractivity (Wildman–Crippen MR) is 78.2 cm³/mol. The lowest BCUT2D eigenvalue weighted by molar-refractivity contribution is 0.0617. The highest BCUT2D eigenvalue weighted by atomic mass is 16.5. The smallest absolute Gasteiger partial charge is 0.0821 e. The summed E-state index contributed by atoms with van der Waals surface area (Å²) in [4.78, 5) is 0. The van der Waals surface area contributed by atoms with Crippen molar-refractivity contribution < 1.29 is 9.84 Å². The Bertz CT molecular complexity index is 375. The number of hydrogen-bond donors (Lipinski definition) is 1. The molecule has 1 aromatic rings. The Labute approximate surface area is 116 Å². The molecule has 1 aliphatic rings. The molecule has 1 aliphatic carbocycles. The Balaban J connectivity index is 1.88. The first-order valence-electron chi connectivity index (χ1n) is 7.66. The molecule has 0 fully saturated rings. The average Bonchev–Trinajstić information content (AvgIpc) is 2.59. The molecule has 2 heteroatoms. The summed E-state index contributed by atoms with van der Waals surface area (Å²) in [5, 5.41) is 10.5. The van der Waals surface area contributed by atoms with E-state index in [4.69, 9.17) is 4.74 Å². The van der Waals surface area contributed by atoms with E-state index in [2.05, 4.69) is 25.1 Å². The van der Waals surface area contributed by atoms with Gasteiger partial charge in [-0.15, -0.1) is 0 Å². The molecule has 0 amide bonds. The van der Waals surface area contributed by atoms with E-state index in [1.165, 1.54) is 18.4 Å². The number of ether oxygens (including phenoxy) is 1. The summed E-state index contributed by atoms with van der Waals surface area (Å²) < 4.78 is 5.64. The Hall–Kier alpha value is -0.860. The van der Waals surface area contributed by atoms with Crippen LogP contribution in [-0.2, 0) is 11.2 Å². The SMILES string of the molecule is CCCCOCCC1CCCc2ccccc2C1O. The Morgan fingerprint density at radius 3 is 2.95 bits per heavy atom. The highest BCUT2D eigenvalue weighted by Gasteiger charge is 2.25. The van der Waals surface area contributed by atoms with Crippen molar-refractivity contribution in [2.75, 3.05) is 13.2 Å². The van der Waals surface area contributed by atoms with Gasteiger partial charge in [0.1, 0.15) is 0 Å². The first-order chi connectivity index (χ1) is 9.33. The third kappa shape index (κ3) is 4.05. The average molecular weight is 262 g/mol. The minimum Gasteiger partial charge on any atom is -0.388 e. The normalized spacial score (nSPS) is 22.8. The van der Waals surface area contributed by atoms with Crippen LogP contribution in [0.2, 0.25) is 0 Å². The van der Waals surface area contributed by atoms with Crippen molar-refractivity contribution in [1.29, 1.82) is 0 Å². The number of aryl methyl sites for hydroxylation is 1. The molecule has 2 nitrogen and oxygen atoms in total. The highest BCUT2D eigenvalue weighted by molar-refractivity contribution is 5.30. The highest BCUT2D eigenvalue weighted by Crippen LogP contribution is 2.34. The number of hydrogen-bond acceptors (Lipinski definition) is 2. The summed E-state index contributed by atoms with van der Waals surface area (Å²) >= 11 is 0. The third-order valence-electron chi connectivity index (χ3n) is 4.12. The zero-order valence-electron chi connectivity index (χ0n) is 12.0. The summed E-state index contributed by atoms with van der Waals surface area (Å²) in [7, 11) is 0. The van der Waals surface area contributed by atoms with E-state index >= 15 is 0 Å². The zero-order valence-corrected chi connectivity index (χ0v) is 12.0. The van der Waals surface area contributed by atoms with Crippen LogP contribution in [0, 0.1) is 5.92 Å². The molecule has 106 valence electrons. The molecule has 2 rings (SSSR count). The van der Waals surface area contributed by atoms with Gasteiger partial charge in [0.25, 0.3) is 0 Å². The van der Waals surface area contributed by atoms with Gasteiger partial charge in [0.15, 0.2) is 0 Å². The number of fused-ring (bicyclic) bond motifs is 1. The third-order valence-corrected chi connectivity index (χ3v) is 4.12. The minimum atomic E-state index is -0.312. The van der Waals surface area contributed by atoms with Crippen molar-refractivity contribution in [1.82, 2.24) is 0 Å². The van der Waals surface area contributed by atoms with E-state index in [1.54, 1.807) is 0 Å². The fourth-order valence-electron chi connectivity index (χ4n) is 2.90. The minimum absolute atomic E-state index is 0.312. The summed E-state index contributed by atoms with van der Waals surface area (Å²) in [5.41, 5.74) is 2.46. The van der Waals surface area contributed by atoms with E-state index < -0.39 is 0 Å². The molecule has 0 radical (unpaired) electrons. The van der Waals surface area contributed by atoms with Crippen LogP contribution >= 0.6 is 0 Å². The van der Waals surface area contributed by atoms with Crippen molar-refractivity contribution in [3.05, 3.63) is 35.4 Å². The summed E-state index contributed by atoms with van der Waals surface area (Å²) in [6, 6.07) is 8.33. The largest absolute Gasteiger partial charge is 0.388 e. The number of unbranched alkanes of at least 4 members (excludes halogenated alkanes) is 1. The first kappa shape index (κ1) is 14.5. The lowest BCUT2D eigenvalue weighted by Gasteiger charge is -2.21. The molecule has 0 saturated carbocycles. The molecule has 0 spiro atoms. The van der Waals surface area contributed by atoms with Crippen LogP contribution in [0.15, 0.2) is 24.3 Å². The van der Waals surface area contributed by atoms with Crippen molar-refractivity contribution in [2.24, 2.45) is 5.92 Å². The van der Waals surface area contributed by atoms with Gasteiger partial charge in [-0.2, -0.15) is 0 Å². The van der Waals surface area contributed by atoms with E-state index in [-0.39, 0.29) is 6.10 Å². The Morgan fingerprint density at radius 2 is 2.11 bits per heavy atom.